The van der Waals surface area contributed by atoms with Crippen molar-refractivity contribution in [1.82, 2.24) is 4.90 Å². The Labute approximate surface area is 284 Å². The van der Waals surface area contributed by atoms with E-state index >= 15 is 4.79 Å². The lowest BCUT2D eigenvalue weighted by Gasteiger charge is -2.55. The molecule has 1 heterocycles. The molecule has 7 nitrogen and oxygen atoms in total. The Kier molecular flexibility index (Phi) is 7.43. The van der Waals surface area contributed by atoms with Crippen molar-refractivity contribution in [2.24, 2.45) is 23.7 Å². The Morgan fingerprint density at radius 3 is 2.18 bits per heavy atom. The number of Topliss-reactive ketones (excluding diaryl/α,β-unsaturated/α-hetero) is 1. The summed E-state index contributed by atoms with van der Waals surface area (Å²) in [4.78, 5) is 59.8. The van der Waals surface area contributed by atoms with Crippen LogP contribution in [0, 0.1) is 23.7 Å². The van der Waals surface area contributed by atoms with E-state index in [1.807, 2.05) is 97.1 Å². The predicted molar refractivity (Wildman–Crippen MR) is 183 cm³/mol. The Morgan fingerprint density at radius 1 is 0.816 bits per heavy atom. The minimum atomic E-state index is -1.43. The van der Waals surface area contributed by atoms with Crippen LogP contribution in [0.25, 0.3) is 5.57 Å². The first-order valence-electron chi connectivity index (χ1n) is 16.7. The first-order valence-corrected chi connectivity index (χ1v) is 16.7. The second-order valence-electron chi connectivity index (χ2n) is 13.5. The third kappa shape index (κ3) is 4.63. The van der Waals surface area contributed by atoms with Crippen LogP contribution in [-0.2, 0) is 31.1 Å². The van der Waals surface area contributed by atoms with Crippen molar-refractivity contribution in [3.8, 4) is 11.5 Å². The van der Waals surface area contributed by atoms with Gasteiger partial charge in [0.15, 0.2) is 11.6 Å². The Morgan fingerprint density at radius 2 is 1.49 bits per heavy atom. The number of ketones is 2. The average molecular weight is 650 g/mol. The fourth-order valence-corrected chi connectivity index (χ4v) is 9.10. The number of carbonyl (C=O) groups is 4. The fourth-order valence-electron chi connectivity index (χ4n) is 9.10. The SMILES string of the molecule is COc1ccc(O)c([C@H]2C3=CC[C@@H]4C(=O)N(Cc5ccccc5)C(=O)[C@@H]4[C@@H]3C[C@H]3C(=O)C(c4ccccc4)=CC(=O)[C@@]23c2ccccc2)c1. The van der Waals surface area contributed by atoms with E-state index in [2.05, 4.69) is 0 Å². The monoisotopic (exact) mass is 649 g/mol. The number of allylic oxidation sites excluding steroid dienone is 4. The zero-order valence-corrected chi connectivity index (χ0v) is 27.0. The molecule has 1 saturated carbocycles. The van der Waals surface area contributed by atoms with Crippen LogP contribution in [-0.4, -0.2) is 40.5 Å². The van der Waals surface area contributed by atoms with Gasteiger partial charge in [0.25, 0.3) is 0 Å². The summed E-state index contributed by atoms with van der Waals surface area (Å²) < 4.78 is 5.61. The lowest BCUT2D eigenvalue weighted by atomic mass is 9.44. The van der Waals surface area contributed by atoms with E-state index in [9.17, 15) is 19.5 Å². The number of likely N-dealkylation sites (tertiary alicyclic amines) is 1. The molecule has 244 valence electrons. The van der Waals surface area contributed by atoms with E-state index in [-0.39, 0.29) is 42.1 Å². The molecule has 4 aromatic carbocycles. The summed E-state index contributed by atoms with van der Waals surface area (Å²) in [5, 5.41) is 11.6. The minimum absolute atomic E-state index is 0.0406. The highest BCUT2D eigenvalue weighted by molar-refractivity contribution is 6.31. The fraction of sp³-hybridized carbons (Fsp3) is 0.238. The largest absolute Gasteiger partial charge is 0.508 e. The van der Waals surface area contributed by atoms with Gasteiger partial charge in [0.05, 0.1) is 30.9 Å². The summed E-state index contributed by atoms with van der Waals surface area (Å²) in [6, 6.07) is 32.9. The summed E-state index contributed by atoms with van der Waals surface area (Å²) in [6.45, 7) is 0.170. The zero-order chi connectivity index (χ0) is 33.9. The molecule has 0 unspecified atom stereocenters. The molecule has 4 aromatic rings. The number of nitrogens with zero attached hydrogens (tertiary/aromatic N) is 1. The van der Waals surface area contributed by atoms with Gasteiger partial charge in [-0.15, -0.1) is 0 Å². The zero-order valence-electron chi connectivity index (χ0n) is 27.0. The molecule has 8 rings (SSSR count). The summed E-state index contributed by atoms with van der Waals surface area (Å²) >= 11 is 0. The van der Waals surface area contributed by atoms with Gasteiger partial charge in [-0.05, 0) is 59.7 Å². The first-order chi connectivity index (χ1) is 23.8. The molecule has 7 heteroatoms. The van der Waals surface area contributed by atoms with Gasteiger partial charge in [-0.3, -0.25) is 24.1 Å². The minimum Gasteiger partial charge on any atom is -0.508 e. The molecule has 4 aliphatic rings. The van der Waals surface area contributed by atoms with Crippen LogP contribution in [0.5, 0.6) is 11.5 Å². The molecular weight excluding hydrogens is 614 g/mol. The number of hydrogen-bond acceptors (Lipinski definition) is 6. The topological polar surface area (TPSA) is 101 Å². The van der Waals surface area contributed by atoms with E-state index in [1.54, 1.807) is 18.2 Å². The van der Waals surface area contributed by atoms with Crippen LogP contribution in [0.4, 0.5) is 0 Å². The molecule has 0 spiro atoms. The summed E-state index contributed by atoms with van der Waals surface area (Å²) in [5.41, 5.74) is 2.30. The molecule has 49 heavy (non-hydrogen) atoms. The molecule has 2 fully saturated rings. The first kappa shape index (κ1) is 30.8. The molecule has 1 aliphatic heterocycles. The number of carbonyl (C=O) groups excluding carboxylic acids is 4. The Hall–Kier alpha value is -5.56. The van der Waals surface area contributed by atoms with Gasteiger partial charge < -0.3 is 9.84 Å². The number of fused-ring (bicyclic) bond motifs is 4. The number of phenols is 1. The normalized spacial score (nSPS) is 27.5. The summed E-state index contributed by atoms with van der Waals surface area (Å²) in [6.07, 6.45) is 4.00. The highest BCUT2D eigenvalue weighted by atomic mass is 16.5. The predicted octanol–water partition coefficient (Wildman–Crippen LogP) is 6.43. The van der Waals surface area contributed by atoms with Crippen LogP contribution in [0.1, 0.15) is 41.0 Å². The van der Waals surface area contributed by atoms with Gasteiger partial charge >= 0.3 is 0 Å². The molecule has 6 atom stereocenters. The third-order valence-corrected chi connectivity index (χ3v) is 11.2. The standard InChI is InChI=1S/C42H35NO6/c1-49-28-17-20-35(44)33(21-28)38-29-18-19-30-37(41(48)43(40(30)47)24-25-11-5-2-6-12-25)32(29)22-34-39(46)31(26-13-7-3-8-14-26)23-36(45)42(34,38)27-15-9-4-10-16-27/h2-18,20-21,23,30,32,34,37-38,44H,19,22,24H2,1H3/t30-,32+,34-,37-,38+,42-/m0/s1. The van der Waals surface area contributed by atoms with Gasteiger partial charge in [-0.2, -0.15) is 0 Å². The van der Waals surface area contributed by atoms with E-state index in [0.29, 0.717) is 34.4 Å². The molecule has 0 radical (unpaired) electrons. The lowest BCUT2D eigenvalue weighted by molar-refractivity contribution is -0.141. The van der Waals surface area contributed by atoms with Crippen molar-refractivity contribution < 1.29 is 29.0 Å². The second kappa shape index (κ2) is 11.8. The molecular formula is C42H35NO6. The van der Waals surface area contributed by atoms with Gasteiger partial charge in [0, 0.05) is 23.0 Å². The van der Waals surface area contributed by atoms with Crippen molar-refractivity contribution in [3.63, 3.8) is 0 Å². The van der Waals surface area contributed by atoms with Crippen molar-refractivity contribution in [3.05, 3.63) is 149 Å². The van der Waals surface area contributed by atoms with Gasteiger partial charge in [-0.1, -0.05) is 103 Å². The molecule has 3 aliphatic carbocycles. The number of ether oxygens (including phenoxy) is 1. The smallest absolute Gasteiger partial charge is 0.234 e. The molecule has 0 aromatic heterocycles. The average Bonchev–Trinajstić information content (AvgIpc) is 3.38. The van der Waals surface area contributed by atoms with Crippen LogP contribution in [0.3, 0.4) is 0 Å². The van der Waals surface area contributed by atoms with Crippen molar-refractivity contribution >= 4 is 29.0 Å². The van der Waals surface area contributed by atoms with E-state index < -0.39 is 35.0 Å². The highest BCUT2D eigenvalue weighted by Gasteiger charge is 2.66. The van der Waals surface area contributed by atoms with E-state index in [1.165, 1.54) is 18.1 Å². The molecule has 0 bridgehead atoms. The van der Waals surface area contributed by atoms with E-state index in [4.69, 9.17) is 4.74 Å². The van der Waals surface area contributed by atoms with Crippen LogP contribution in [0.15, 0.2) is 127 Å². The number of phenolic OH excluding ortho intramolecular Hbond substituents is 1. The second-order valence-corrected chi connectivity index (χ2v) is 13.5. The maximum Gasteiger partial charge on any atom is 0.234 e. The number of methoxy groups -OCH3 is 1. The lowest BCUT2D eigenvalue weighted by Crippen LogP contribution is -2.58. The number of amides is 2. The third-order valence-electron chi connectivity index (χ3n) is 11.2. The quantitative estimate of drug-likeness (QED) is 0.191. The Bertz CT molecular complexity index is 2050. The van der Waals surface area contributed by atoms with Gasteiger partial charge in [0.1, 0.15) is 11.5 Å². The number of imide groups is 1. The highest BCUT2D eigenvalue weighted by Crippen LogP contribution is 2.64. The number of rotatable bonds is 6. The van der Waals surface area contributed by atoms with Crippen molar-refractivity contribution in [2.45, 2.75) is 30.7 Å². The van der Waals surface area contributed by atoms with E-state index in [0.717, 1.165) is 11.1 Å². The van der Waals surface area contributed by atoms with Crippen molar-refractivity contribution in [1.29, 1.82) is 0 Å². The number of hydrogen-bond donors (Lipinski definition) is 1. The number of aromatic hydroxyl groups is 1. The number of benzene rings is 4. The van der Waals surface area contributed by atoms with Gasteiger partial charge in [-0.25, -0.2) is 0 Å². The molecule has 2 amide bonds. The van der Waals surface area contributed by atoms with Crippen LogP contribution < -0.4 is 4.74 Å². The van der Waals surface area contributed by atoms with Crippen LogP contribution in [0.2, 0.25) is 0 Å². The van der Waals surface area contributed by atoms with Gasteiger partial charge in [0.2, 0.25) is 11.8 Å². The maximum atomic E-state index is 15.1. The molecule has 1 saturated heterocycles. The Balaban J connectivity index is 1.35. The summed E-state index contributed by atoms with van der Waals surface area (Å²) in [5.74, 6) is -3.95. The van der Waals surface area contributed by atoms with Crippen molar-refractivity contribution in [2.75, 3.05) is 7.11 Å². The molecule has 1 N–H and O–H groups in total. The van der Waals surface area contributed by atoms with Crippen LogP contribution >= 0.6 is 0 Å². The summed E-state index contributed by atoms with van der Waals surface area (Å²) in [7, 11) is 1.54. The maximum absolute atomic E-state index is 15.1.